The first-order chi connectivity index (χ1) is 14.7. The number of nitrogens with zero attached hydrogens (tertiary/aromatic N) is 2. The zero-order valence-electron chi connectivity index (χ0n) is 17.3. The first-order valence-corrected chi connectivity index (χ1v) is 12.8. The van der Waals surface area contributed by atoms with Gasteiger partial charge in [0.15, 0.2) is 15.0 Å². The van der Waals surface area contributed by atoms with Gasteiger partial charge in [-0.3, -0.25) is 9.59 Å². The van der Waals surface area contributed by atoms with E-state index in [2.05, 4.69) is 17.2 Å². The summed E-state index contributed by atoms with van der Waals surface area (Å²) in [6.45, 7) is 2.44. The van der Waals surface area contributed by atoms with E-state index in [1.54, 1.807) is 17.0 Å². The molecule has 9 heteroatoms. The van der Waals surface area contributed by atoms with Gasteiger partial charge in [-0.05, 0) is 42.3 Å². The second-order valence-electron chi connectivity index (χ2n) is 7.73. The van der Waals surface area contributed by atoms with Gasteiger partial charge in [0.05, 0.1) is 21.0 Å². The molecule has 0 unspecified atom stereocenters. The van der Waals surface area contributed by atoms with E-state index in [0.717, 1.165) is 24.8 Å². The number of thiazole rings is 1. The smallest absolute Gasteiger partial charge is 0.231 e. The number of rotatable bonds is 6. The number of sulfone groups is 1. The minimum Gasteiger partial charge on any atom is -0.312 e. The van der Waals surface area contributed by atoms with E-state index in [9.17, 15) is 18.0 Å². The summed E-state index contributed by atoms with van der Waals surface area (Å²) < 4.78 is 24.2. The molecule has 2 aromatic carbocycles. The van der Waals surface area contributed by atoms with Gasteiger partial charge in [0.25, 0.3) is 0 Å². The van der Waals surface area contributed by atoms with Crippen LogP contribution in [-0.2, 0) is 25.8 Å². The van der Waals surface area contributed by atoms with Crippen LogP contribution in [0, 0.1) is 5.92 Å². The van der Waals surface area contributed by atoms with Crippen LogP contribution in [0.2, 0.25) is 0 Å². The summed E-state index contributed by atoms with van der Waals surface area (Å²) in [4.78, 5) is 31.5. The van der Waals surface area contributed by atoms with Crippen LogP contribution in [0.5, 0.6) is 0 Å². The molecule has 1 saturated heterocycles. The number of fused-ring (bicyclic) bond motifs is 1. The molecule has 2 heterocycles. The first-order valence-electron chi connectivity index (χ1n) is 10.1. The normalized spacial score (nSPS) is 16.8. The second kappa shape index (κ2) is 8.39. The van der Waals surface area contributed by atoms with Gasteiger partial charge in [0.1, 0.15) is 0 Å². The Bertz CT molecular complexity index is 1250. The Labute approximate surface area is 185 Å². The van der Waals surface area contributed by atoms with Crippen molar-refractivity contribution in [1.29, 1.82) is 0 Å². The molecule has 1 N–H and O–H groups in total. The highest BCUT2D eigenvalue weighted by Crippen LogP contribution is 2.30. The molecule has 7 nitrogen and oxygen atoms in total. The Morgan fingerprint density at radius 1 is 1.23 bits per heavy atom. The van der Waals surface area contributed by atoms with E-state index in [4.69, 9.17) is 0 Å². The maximum atomic E-state index is 12.8. The minimum absolute atomic E-state index is 0.0783. The van der Waals surface area contributed by atoms with E-state index >= 15 is 0 Å². The van der Waals surface area contributed by atoms with Gasteiger partial charge in [0, 0.05) is 24.9 Å². The topological polar surface area (TPSA) is 96.4 Å². The largest absolute Gasteiger partial charge is 0.312 e. The third-order valence-corrected chi connectivity index (χ3v) is 7.34. The molecule has 0 aliphatic carbocycles. The molecular formula is C22H23N3O4S2. The molecule has 0 spiro atoms. The lowest BCUT2D eigenvalue weighted by atomic mass is 10.1. The zero-order chi connectivity index (χ0) is 22.2. The van der Waals surface area contributed by atoms with E-state index < -0.39 is 15.8 Å². The van der Waals surface area contributed by atoms with Gasteiger partial charge in [-0.25, -0.2) is 13.4 Å². The molecule has 0 saturated carbocycles. The van der Waals surface area contributed by atoms with Crippen LogP contribution in [-0.4, -0.2) is 38.0 Å². The average molecular weight is 458 g/mol. The number of hydrogen-bond donors (Lipinski definition) is 1. The van der Waals surface area contributed by atoms with E-state index in [1.807, 2.05) is 24.3 Å². The highest BCUT2D eigenvalue weighted by atomic mass is 32.2. The van der Waals surface area contributed by atoms with Gasteiger partial charge < -0.3 is 10.2 Å². The van der Waals surface area contributed by atoms with Gasteiger partial charge in [-0.2, -0.15) is 0 Å². The van der Waals surface area contributed by atoms with Crippen molar-refractivity contribution in [3.63, 3.8) is 0 Å². The fraction of sp³-hybridized carbons (Fsp3) is 0.318. The molecule has 1 aliphatic heterocycles. The zero-order valence-corrected chi connectivity index (χ0v) is 18.9. The molecule has 2 amide bonds. The number of hydrogen-bond acceptors (Lipinski definition) is 6. The van der Waals surface area contributed by atoms with Crippen molar-refractivity contribution in [3.05, 3.63) is 48.0 Å². The number of nitrogens with one attached hydrogen (secondary N) is 1. The molecule has 1 fully saturated rings. The molecule has 1 aliphatic rings. The fourth-order valence-corrected chi connectivity index (χ4v) is 5.29. The summed E-state index contributed by atoms with van der Waals surface area (Å²) in [5.41, 5.74) is 2.64. The van der Waals surface area contributed by atoms with Crippen molar-refractivity contribution in [3.8, 4) is 0 Å². The van der Waals surface area contributed by atoms with Gasteiger partial charge in [0.2, 0.25) is 11.8 Å². The van der Waals surface area contributed by atoms with Crippen molar-refractivity contribution in [2.75, 3.05) is 23.0 Å². The number of anilines is 2. The number of benzene rings is 2. The highest BCUT2D eigenvalue weighted by Gasteiger charge is 2.35. The lowest BCUT2D eigenvalue weighted by molar-refractivity contribution is -0.122. The molecule has 162 valence electrons. The Kier molecular flexibility index (Phi) is 5.81. The minimum atomic E-state index is -3.32. The van der Waals surface area contributed by atoms with Crippen LogP contribution in [0.3, 0.4) is 0 Å². The van der Waals surface area contributed by atoms with Crippen LogP contribution in [0.1, 0.15) is 25.3 Å². The first kappa shape index (κ1) is 21.5. The maximum absolute atomic E-state index is 12.8. The summed E-state index contributed by atoms with van der Waals surface area (Å²) in [6, 6.07) is 12.6. The number of carbonyl (C=O) groups is 2. The second-order valence-corrected chi connectivity index (χ2v) is 10.8. The summed E-state index contributed by atoms with van der Waals surface area (Å²) in [7, 11) is -3.32. The number of amides is 2. The van der Waals surface area contributed by atoms with Crippen molar-refractivity contribution in [2.45, 2.75) is 31.1 Å². The van der Waals surface area contributed by atoms with Gasteiger partial charge >= 0.3 is 0 Å². The van der Waals surface area contributed by atoms with E-state index in [0.29, 0.717) is 21.9 Å². The van der Waals surface area contributed by atoms with Crippen LogP contribution < -0.4 is 10.2 Å². The molecule has 4 rings (SSSR count). The van der Waals surface area contributed by atoms with Crippen LogP contribution in [0.25, 0.3) is 10.2 Å². The summed E-state index contributed by atoms with van der Waals surface area (Å²) in [5, 5.41) is 3.18. The van der Waals surface area contributed by atoms with E-state index in [1.165, 1.54) is 23.0 Å². The summed E-state index contributed by atoms with van der Waals surface area (Å²) in [6.07, 6.45) is 3.35. The Morgan fingerprint density at radius 2 is 1.97 bits per heavy atom. The lowest BCUT2D eigenvalue weighted by Crippen LogP contribution is -2.28. The van der Waals surface area contributed by atoms with Crippen LogP contribution in [0.4, 0.5) is 10.8 Å². The van der Waals surface area contributed by atoms with Gasteiger partial charge in [-0.1, -0.05) is 36.8 Å². The maximum Gasteiger partial charge on any atom is 0.231 e. The van der Waals surface area contributed by atoms with Crippen LogP contribution >= 0.6 is 11.3 Å². The molecule has 1 atom stereocenters. The molecule has 1 aromatic heterocycles. The highest BCUT2D eigenvalue weighted by molar-refractivity contribution is 7.90. The summed E-state index contributed by atoms with van der Waals surface area (Å²) in [5.74, 6) is -0.812. The number of aryl methyl sites for hydroxylation is 1. The van der Waals surface area contributed by atoms with Crippen LogP contribution in [0.15, 0.2) is 47.4 Å². The van der Waals surface area contributed by atoms with Crippen molar-refractivity contribution < 1.29 is 18.0 Å². The fourth-order valence-electron chi connectivity index (χ4n) is 3.66. The quantitative estimate of drug-likeness (QED) is 0.610. The summed E-state index contributed by atoms with van der Waals surface area (Å²) >= 11 is 1.21. The monoisotopic (exact) mass is 457 g/mol. The van der Waals surface area contributed by atoms with Crippen molar-refractivity contribution in [2.24, 2.45) is 5.92 Å². The lowest BCUT2D eigenvalue weighted by Gasteiger charge is -2.17. The third kappa shape index (κ3) is 4.62. The third-order valence-electron chi connectivity index (χ3n) is 5.30. The van der Waals surface area contributed by atoms with Crippen molar-refractivity contribution in [1.82, 2.24) is 4.98 Å². The molecule has 3 aromatic rings. The Balaban J connectivity index is 1.46. The molecule has 0 radical (unpaired) electrons. The molecule has 0 bridgehead atoms. The standard InChI is InChI=1S/C22H23N3O4S2/c1-3-4-14-5-7-16(8-6-14)25-13-15(11-20(25)26)21(27)24-22-23-18-10-9-17(31(2,28)29)12-19(18)30-22/h5-10,12,15H,3-4,11,13H2,1-2H3,(H,23,24,27)/t15-/m1/s1. The van der Waals surface area contributed by atoms with Gasteiger partial charge in [-0.15, -0.1) is 0 Å². The SMILES string of the molecule is CCCc1ccc(N2C[C@H](C(=O)Nc3nc4ccc(S(C)(=O)=O)cc4s3)CC2=O)cc1. The predicted molar refractivity (Wildman–Crippen MR) is 122 cm³/mol. The number of aromatic nitrogens is 1. The molecule has 31 heavy (non-hydrogen) atoms. The van der Waals surface area contributed by atoms with Crippen molar-refractivity contribution >= 4 is 54.0 Å². The molecular weight excluding hydrogens is 434 g/mol. The Morgan fingerprint density at radius 3 is 2.65 bits per heavy atom. The Hall–Kier alpha value is -2.78. The number of carbonyl (C=O) groups excluding carboxylic acids is 2. The van der Waals surface area contributed by atoms with E-state index in [-0.39, 0.29) is 23.1 Å². The average Bonchev–Trinajstić information content (AvgIpc) is 3.30. The predicted octanol–water partition coefficient (Wildman–Crippen LogP) is 3.64.